The number of carbonyl (C=O) groups is 1. The standard InChI is InChI=1S/C23H29N3O4/c1-24-22-16(6-4-8-25-22)12-26-13-17-10-20(27)21(11-18(17)14-26)30-19-7-3-5-15(9-19)23(28)29-2/h3-9,17-18,20-21,27H,10-14H2,1-2H3,(H,24,25)/t17-,18+,20+,21+/m0/s1. The van der Waals surface area contributed by atoms with Gasteiger partial charge in [0.25, 0.3) is 0 Å². The van der Waals surface area contributed by atoms with E-state index >= 15 is 0 Å². The summed E-state index contributed by atoms with van der Waals surface area (Å²) in [5.41, 5.74) is 1.63. The Bertz CT molecular complexity index is 890. The van der Waals surface area contributed by atoms with Gasteiger partial charge in [0.1, 0.15) is 17.7 Å². The van der Waals surface area contributed by atoms with Gasteiger partial charge in [0.2, 0.25) is 0 Å². The molecule has 1 saturated carbocycles. The first-order valence-electron chi connectivity index (χ1n) is 10.4. The van der Waals surface area contributed by atoms with E-state index in [2.05, 4.69) is 21.3 Å². The zero-order valence-corrected chi connectivity index (χ0v) is 17.5. The number of carbonyl (C=O) groups excluding carboxylic acids is 1. The first kappa shape index (κ1) is 20.6. The van der Waals surface area contributed by atoms with Crippen LogP contribution in [0.4, 0.5) is 5.82 Å². The van der Waals surface area contributed by atoms with Gasteiger partial charge >= 0.3 is 5.97 Å². The van der Waals surface area contributed by atoms with Crippen LogP contribution in [0.2, 0.25) is 0 Å². The van der Waals surface area contributed by atoms with E-state index in [1.54, 1.807) is 24.4 Å². The summed E-state index contributed by atoms with van der Waals surface area (Å²) in [6.07, 6.45) is 2.54. The van der Waals surface area contributed by atoms with Crippen LogP contribution in [-0.2, 0) is 11.3 Å². The van der Waals surface area contributed by atoms with Crippen molar-refractivity contribution >= 4 is 11.8 Å². The molecule has 30 heavy (non-hydrogen) atoms. The van der Waals surface area contributed by atoms with Gasteiger partial charge in [-0.05, 0) is 48.9 Å². The second-order valence-corrected chi connectivity index (χ2v) is 8.19. The Morgan fingerprint density at radius 1 is 1.23 bits per heavy atom. The van der Waals surface area contributed by atoms with Crippen molar-refractivity contribution in [2.24, 2.45) is 11.8 Å². The predicted octanol–water partition coefficient (Wildman–Crippen LogP) is 2.56. The van der Waals surface area contributed by atoms with Gasteiger partial charge in [-0.1, -0.05) is 12.1 Å². The van der Waals surface area contributed by atoms with Crippen molar-refractivity contribution in [1.82, 2.24) is 9.88 Å². The number of pyridine rings is 1. The van der Waals surface area contributed by atoms with Crippen molar-refractivity contribution in [3.05, 3.63) is 53.7 Å². The van der Waals surface area contributed by atoms with Crippen molar-refractivity contribution < 1.29 is 19.4 Å². The number of aliphatic hydroxyl groups excluding tert-OH is 1. The molecule has 7 heteroatoms. The van der Waals surface area contributed by atoms with E-state index in [4.69, 9.17) is 9.47 Å². The van der Waals surface area contributed by atoms with Crippen LogP contribution in [0.5, 0.6) is 5.75 Å². The quantitative estimate of drug-likeness (QED) is 0.707. The van der Waals surface area contributed by atoms with E-state index < -0.39 is 12.1 Å². The number of hydrogen-bond donors (Lipinski definition) is 2. The van der Waals surface area contributed by atoms with E-state index in [9.17, 15) is 9.90 Å². The third-order valence-corrected chi connectivity index (χ3v) is 6.23. The highest BCUT2D eigenvalue weighted by Crippen LogP contribution is 2.38. The van der Waals surface area contributed by atoms with E-state index in [1.807, 2.05) is 19.2 Å². The van der Waals surface area contributed by atoms with Crippen LogP contribution in [0.1, 0.15) is 28.8 Å². The molecule has 1 aromatic heterocycles. The van der Waals surface area contributed by atoms with E-state index in [1.165, 1.54) is 12.7 Å². The van der Waals surface area contributed by atoms with Crippen molar-refractivity contribution in [3.8, 4) is 5.75 Å². The van der Waals surface area contributed by atoms with Gasteiger partial charge in [0, 0.05) is 38.4 Å². The summed E-state index contributed by atoms with van der Waals surface area (Å²) in [4.78, 5) is 18.6. The van der Waals surface area contributed by atoms with Crippen LogP contribution in [0.25, 0.3) is 0 Å². The molecule has 2 N–H and O–H groups in total. The summed E-state index contributed by atoms with van der Waals surface area (Å²) in [6, 6.07) is 11.0. The van der Waals surface area contributed by atoms with Crippen molar-refractivity contribution in [1.29, 1.82) is 0 Å². The van der Waals surface area contributed by atoms with Crippen LogP contribution < -0.4 is 10.1 Å². The van der Waals surface area contributed by atoms with E-state index in [-0.39, 0.29) is 6.10 Å². The van der Waals surface area contributed by atoms with Crippen LogP contribution in [0, 0.1) is 11.8 Å². The molecule has 2 aromatic rings. The molecule has 2 heterocycles. The van der Waals surface area contributed by atoms with Gasteiger partial charge in [-0.2, -0.15) is 0 Å². The smallest absolute Gasteiger partial charge is 0.337 e. The maximum Gasteiger partial charge on any atom is 0.337 e. The summed E-state index contributed by atoms with van der Waals surface area (Å²) in [5, 5.41) is 13.9. The molecular formula is C23H29N3O4. The summed E-state index contributed by atoms with van der Waals surface area (Å²) in [6.45, 7) is 2.81. The monoisotopic (exact) mass is 411 g/mol. The summed E-state index contributed by atoms with van der Waals surface area (Å²) < 4.78 is 10.9. The highest BCUT2D eigenvalue weighted by Gasteiger charge is 2.42. The fraction of sp³-hybridized carbons (Fsp3) is 0.478. The fourth-order valence-corrected chi connectivity index (χ4v) is 4.76. The largest absolute Gasteiger partial charge is 0.488 e. The average molecular weight is 412 g/mol. The van der Waals surface area contributed by atoms with Crippen molar-refractivity contribution in [2.45, 2.75) is 31.6 Å². The summed E-state index contributed by atoms with van der Waals surface area (Å²) in [5.74, 6) is 2.06. The third kappa shape index (κ3) is 4.42. The molecule has 0 bridgehead atoms. The number of rotatable bonds is 6. The molecule has 0 radical (unpaired) electrons. The third-order valence-electron chi connectivity index (χ3n) is 6.23. The number of aromatic nitrogens is 1. The molecule has 4 rings (SSSR count). The Morgan fingerprint density at radius 2 is 2.03 bits per heavy atom. The number of likely N-dealkylation sites (tertiary alicyclic amines) is 1. The Morgan fingerprint density at radius 3 is 2.80 bits per heavy atom. The summed E-state index contributed by atoms with van der Waals surface area (Å²) >= 11 is 0. The Balaban J connectivity index is 1.39. The lowest BCUT2D eigenvalue weighted by molar-refractivity contribution is -0.0231. The second-order valence-electron chi connectivity index (χ2n) is 8.19. The SMILES string of the molecule is CNc1ncccc1CN1C[C@H]2C[C@@H](Oc3cccc(C(=O)OC)c3)[C@H](O)C[C@H]2C1. The van der Waals surface area contributed by atoms with Crippen molar-refractivity contribution in [2.75, 3.05) is 32.6 Å². The molecule has 160 valence electrons. The number of nitrogens with one attached hydrogen (secondary N) is 1. The van der Waals surface area contributed by atoms with E-state index in [0.29, 0.717) is 23.1 Å². The number of benzene rings is 1. The normalized spacial score (nSPS) is 26.1. The molecule has 1 aliphatic carbocycles. The summed E-state index contributed by atoms with van der Waals surface area (Å²) in [7, 11) is 3.25. The molecule has 2 aliphatic rings. The minimum absolute atomic E-state index is 0.273. The molecule has 4 atom stereocenters. The van der Waals surface area contributed by atoms with Gasteiger partial charge in [-0.3, -0.25) is 4.90 Å². The lowest BCUT2D eigenvalue weighted by Gasteiger charge is -2.35. The number of anilines is 1. The number of methoxy groups -OCH3 is 1. The number of esters is 1. The zero-order chi connectivity index (χ0) is 21.1. The number of fused-ring (bicyclic) bond motifs is 1. The minimum Gasteiger partial charge on any atom is -0.488 e. The maximum absolute atomic E-state index is 11.8. The van der Waals surface area contributed by atoms with Crippen LogP contribution >= 0.6 is 0 Å². The molecule has 0 spiro atoms. The van der Waals surface area contributed by atoms with Gasteiger partial charge in [-0.25, -0.2) is 9.78 Å². The lowest BCUT2D eigenvalue weighted by Crippen LogP contribution is -2.42. The second kappa shape index (κ2) is 9.02. The molecule has 0 amide bonds. The molecule has 1 aliphatic heterocycles. The predicted molar refractivity (Wildman–Crippen MR) is 113 cm³/mol. The minimum atomic E-state index is -0.515. The number of hydrogen-bond acceptors (Lipinski definition) is 7. The topological polar surface area (TPSA) is 83.9 Å². The van der Waals surface area contributed by atoms with Crippen LogP contribution in [0.15, 0.2) is 42.6 Å². The average Bonchev–Trinajstić information content (AvgIpc) is 3.14. The number of aliphatic hydroxyl groups is 1. The first-order chi connectivity index (χ1) is 14.6. The lowest BCUT2D eigenvalue weighted by atomic mass is 9.78. The van der Waals surface area contributed by atoms with Crippen LogP contribution in [-0.4, -0.2) is 60.4 Å². The number of nitrogens with zero attached hydrogens (tertiary/aromatic N) is 2. The molecule has 0 unspecified atom stereocenters. The highest BCUT2D eigenvalue weighted by atomic mass is 16.5. The van der Waals surface area contributed by atoms with Gasteiger partial charge in [-0.15, -0.1) is 0 Å². The Hall–Kier alpha value is -2.64. The molecular weight excluding hydrogens is 382 g/mol. The molecule has 1 aromatic carbocycles. The molecule has 7 nitrogen and oxygen atoms in total. The molecule has 2 fully saturated rings. The number of ether oxygens (including phenoxy) is 2. The Kier molecular flexibility index (Phi) is 6.20. The van der Waals surface area contributed by atoms with Crippen LogP contribution in [0.3, 0.4) is 0 Å². The van der Waals surface area contributed by atoms with Crippen molar-refractivity contribution in [3.63, 3.8) is 0 Å². The fourth-order valence-electron chi connectivity index (χ4n) is 4.76. The van der Waals surface area contributed by atoms with E-state index in [0.717, 1.165) is 38.3 Å². The zero-order valence-electron chi connectivity index (χ0n) is 17.5. The van der Waals surface area contributed by atoms with Gasteiger partial charge in [0.05, 0.1) is 18.8 Å². The first-order valence-corrected chi connectivity index (χ1v) is 10.4. The maximum atomic E-state index is 11.8. The molecule has 1 saturated heterocycles. The Labute approximate surface area is 177 Å². The van der Waals surface area contributed by atoms with Gasteiger partial charge in [0.15, 0.2) is 0 Å². The highest BCUT2D eigenvalue weighted by molar-refractivity contribution is 5.89. The van der Waals surface area contributed by atoms with Gasteiger partial charge < -0.3 is 19.9 Å².